The monoisotopic (exact) mass is 321 g/mol. The number of aromatic nitrogens is 3. The van der Waals surface area contributed by atoms with Gasteiger partial charge in [-0.3, -0.25) is 0 Å². The van der Waals surface area contributed by atoms with Crippen molar-refractivity contribution in [3.05, 3.63) is 48.0 Å². The molecule has 2 aromatic rings. The predicted octanol–water partition coefficient (Wildman–Crippen LogP) is 4.17. The van der Waals surface area contributed by atoms with E-state index in [1.165, 1.54) is 5.56 Å². The second kappa shape index (κ2) is 6.33. The van der Waals surface area contributed by atoms with Crippen molar-refractivity contribution < 1.29 is 0 Å². The van der Waals surface area contributed by atoms with Crippen molar-refractivity contribution in [2.24, 2.45) is 5.92 Å². The van der Waals surface area contributed by atoms with E-state index in [9.17, 15) is 0 Å². The minimum atomic E-state index is 0.339. The van der Waals surface area contributed by atoms with Crippen molar-refractivity contribution in [3.8, 4) is 0 Å². The fourth-order valence-corrected chi connectivity index (χ4v) is 2.70. The van der Waals surface area contributed by atoms with Gasteiger partial charge in [-0.1, -0.05) is 53.2 Å². The van der Waals surface area contributed by atoms with E-state index >= 15 is 0 Å². The molecule has 0 saturated carbocycles. The summed E-state index contributed by atoms with van der Waals surface area (Å²) in [4.78, 5) is 4.72. The highest BCUT2D eigenvalue weighted by Gasteiger charge is 2.19. The van der Waals surface area contributed by atoms with Crippen molar-refractivity contribution in [2.45, 2.75) is 38.1 Å². The largest absolute Gasteiger partial charge is 0.248 e. The van der Waals surface area contributed by atoms with Gasteiger partial charge in [-0.15, -0.1) is 0 Å². The minimum absolute atomic E-state index is 0.339. The smallest absolute Gasteiger partial charge is 0.138 e. The SMILES string of the molecule is CC(Cc1ncnn1C(C)C)C(Br)c1ccccc1. The number of alkyl halides is 1. The van der Waals surface area contributed by atoms with Crippen LogP contribution in [0.15, 0.2) is 36.7 Å². The predicted molar refractivity (Wildman–Crippen MR) is 81.4 cm³/mol. The van der Waals surface area contributed by atoms with Crippen LogP contribution in [0.5, 0.6) is 0 Å². The third-order valence-corrected chi connectivity index (χ3v) is 4.69. The lowest BCUT2D eigenvalue weighted by Crippen LogP contribution is -2.14. The second-order valence-electron chi connectivity index (χ2n) is 5.21. The molecule has 1 aromatic carbocycles. The maximum Gasteiger partial charge on any atom is 0.138 e. The maximum atomic E-state index is 4.38. The van der Waals surface area contributed by atoms with Crippen LogP contribution < -0.4 is 0 Å². The van der Waals surface area contributed by atoms with E-state index < -0.39 is 0 Å². The maximum absolute atomic E-state index is 4.38. The zero-order valence-corrected chi connectivity index (χ0v) is 13.2. The molecule has 0 fully saturated rings. The molecule has 19 heavy (non-hydrogen) atoms. The molecular formula is C15H20BrN3. The Labute approximate surface area is 123 Å². The van der Waals surface area contributed by atoms with E-state index in [4.69, 9.17) is 0 Å². The molecule has 0 saturated heterocycles. The fraction of sp³-hybridized carbons (Fsp3) is 0.467. The summed E-state index contributed by atoms with van der Waals surface area (Å²) in [6.07, 6.45) is 2.57. The highest BCUT2D eigenvalue weighted by Crippen LogP contribution is 2.32. The molecule has 0 aliphatic carbocycles. The Bertz CT molecular complexity index is 507. The first-order valence-electron chi connectivity index (χ1n) is 6.67. The fourth-order valence-electron chi connectivity index (χ4n) is 2.21. The van der Waals surface area contributed by atoms with Gasteiger partial charge in [0.05, 0.1) is 0 Å². The quantitative estimate of drug-likeness (QED) is 0.774. The van der Waals surface area contributed by atoms with Gasteiger partial charge >= 0.3 is 0 Å². The number of rotatable bonds is 5. The first-order valence-corrected chi connectivity index (χ1v) is 7.58. The van der Waals surface area contributed by atoms with E-state index in [1.807, 2.05) is 10.7 Å². The van der Waals surface area contributed by atoms with Crippen LogP contribution in [0.25, 0.3) is 0 Å². The molecule has 3 nitrogen and oxygen atoms in total. The molecule has 0 spiro atoms. The third kappa shape index (κ3) is 3.44. The van der Waals surface area contributed by atoms with Gasteiger partial charge in [0.25, 0.3) is 0 Å². The number of hydrogen-bond acceptors (Lipinski definition) is 2. The molecule has 0 amide bonds. The van der Waals surface area contributed by atoms with Gasteiger partial charge in [0.2, 0.25) is 0 Å². The highest BCUT2D eigenvalue weighted by atomic mass is 79.9. The van der Waals surface area contributed by atoms with Crippen LogP contribution in [0.4, 0.5) is 0 Å². The molecule has 1 heterocycles. The summed E-state index contributed by atoms with van der Waals surface area (Å²) in [6, 6.07) is 10.9. The summed E-state index contributed by atoms with van der Waals surface area (Å²) in [7, 11) is 0. The Hall–Kier alpha value is -1.16. The topological polar surface area (TPSA) is 30.7 Å². The Morgan fingerprint density at radius 2 is 1.84 bits per heavy atom. The van der Waals surface area contributed by atoms with Crippen molar-refractivity contribution in [2.75, 3.05) is 0 Å². The van der Waals surface area contributed by atoms with E-state index in [0.29, 0.717) is 16.8 Å². The van der Waals surface area contributed by atoms with Gasteiger partial charge in [-0.05, 0) is 25.3 Å². The van der Waals surface area contributed by atoms with Crippen LogP contribution in [0, 0.1) is 5.92 Å². The molecule has 0 radical (unpaired) electrons. The molecule has 1 aromatic heterocycles. The zero-order valence-electron chi connectivity index (χ0n) is 11.6. The molecule has 0 N–H and O–H groups in total. The summed E-state index contributed by atoms with van der Waals surface area (Å²) >= 11 is 3.80. The van der Waals surface area contributed by atoms with Gasteiger partial charge in [0.1, 0.15) is 12.2 Å². The molecule has 0 aliphatic rings. The average Bonchev–Trinajstić information content (AvgIpc) is 2.87. The summed E-state index contributed by atoms with van der Waals surface area (Å²) < 4.78 is 2.00. The van der Waals surface area contributed by atoms with Gasteiger partial charge in [0.15, 0.2) is 0 Å². The van der Waals surface area contributed by atoms with Crippen molar-refractivity contribution in [3.63, 3.8) is 0 Å². The lowest BCUT2D eigenvalue weighted by Gasteiger charge is -2.19. The summed E-state index contributed by atoms with van der Waals surface area (Å²) in [5.41, 5.74) is 1.31. The first kappa shape index (κ1) is 14.3. The van der Waals surface area contributed by atoms with Crippen LogP contribution in [-0.4, -0.2) is 14.8 Å². The van der Waals surface area contributed by atoms with Crippen LogP contribution >= 0.6 is 15.9 Å². The van der Waals surface area contributed by atoms with Crippen LogP contribution in [-0.2, 0) is 6.42 Å². The number of nitrogens with zero attached hydrogens (tertiary/aromatic N) is 3. The second-order valence-corrected chi connectivity index (χ2v) is 6.19. The Kier molecular flexibility index (Phi) is 4.75. The third-order valence-electron chi connectivity index (χ3n) is 3.26. The van der Waals surface area contributed by atoms with Crippen LogP contribution in [0.3, 0.4) is 0 Å². The highest BCUT2D eigenvalue weighted by molar-refractivity contribution is 9.09. The number of benzene rings is 1. The molecule has 2 atom stereocenters. The lowest BCUT2D eigenvalue weighted by atomic mass is 9.97. The summed E-state index contributed by atoms with van der Waals surface area (Å²) in [5, 5.41) is 4.29. The standard InChI is InChI=1S/C15H20BrN3/c1-11(2)19-14(17-10-18-19)9-12(3)15(16)13-7-5-4-6-8-13/h4-8,10-12,15H,9H2,1-3H3. The Balaban J connectivity index is 2.08. The molecule has 2 rings (SSSR count). The number of halogens is 1. The van der Waals surface area contributed by atoms with Gasteiger partial charge < -0.3 is 0 Å². The molecule has 4 heteroatoms. The molecule has 102 valence electrons. The van der Waals surface area contributed by atoms with E-state index in [-0.39, 0.29) is 0 Å². The Morgan fingerprint density at radius 1 is 1.16 bits per heavy atom. The van der Waals surface area contributed by atoms with E-state index in [0.717, 1.165) is 12.2 Å². The normalized spacial score (nSPS) is 14.6. The zero-order chi connectivity index (χ0) is 13.8. The molecule has 0 bridgehead atoms. The van der Waals surface area contributed by atoms with Crippen LogP contribution in [0.1, 0.15) is 43.0 Å². The molecule has 0 aliphatic heterocycles. The van der Waals surface area contributed by atoms with E-state index in [1.54, 1.807) is 6.33 Å². The Morgan fingerprint density at radius 3 is 2.47 bits per heavy atom. The molecule has 2 unspecified atom stereocenters. The van der Waals surface area contributed by atoms with Crippen molar-refractivity contribution in [1.82, 2.24) is 14.8 Å². The number of hydrogen-bond donors (Lipinski definition) is 0. The van der Waals surface area contributed by atoms with Gasteiger partial charge in [0, 0.05) is 17.3 Å². The van der Waals surface area contributed by atoms with E-state index in [2.05, 4.69) is 71.0 Å². The summed E-state index contributed by atoms with van der Waals surface area (Å²) in [6.45, 7) is 6.50. The van der Waals surface area contributed by atoms with Crippen molar-refractivity contribution >= 4 is 15.9 Å². The molecular weight excluding hydrogens is 302 g/mol. The lowest BCUT2D eigenvalue weighted by molar-refractivity contribution is 0.469. The first-order chi connectivity index (χ1) is 9.09. The van der Waals surface area contributed by atoms with Crippen LogP contribution in [0.2, 0.25) is 0 Å². The van der Waals surface area contributed by atoms with Crippen molar-refractivity contribution in [1.29, 1.82) is 0 Å². The van der Waals surface area contributed by atoms with Gasteiger partial charge in [-0.25, -0.2) is 9.67 Å². The summed E-state index contributed by atoms with van der Waals surface area (Å²) in [5.74, 6) is 1.52. The average molecular weight is 322 g/mol. The van der Waals surface area contributed by atoms with Gasteiger partial charge in [-0.2, -0.15) is 5.10 Å². The minimum Gasteiger partial charge on any atom is -0.248 e.